The fourth-order valence-electron chi connectivity index (χ4n) is 2.80. The van der Waals surface area contributed by atoms with Gasteiger partial charge < -0.3 is 15.8 Å². The molecule has 0 saturated heterocycles. The Kier molecular flexibility index (Phi) is 7.52. The highest BCUT2D eigenvalue weighted by molar-refractivity contribution is 5.80. The molecule has 1 saturated carbocycles. The summed E-state index contributed by atoms with van der Waals surface area (Å²) >= 11 is 0. The van der Waals surface area contributed by atoms with Gasteiger partial charge >= 0.3 is 0 Å². The summed E-state index contributed by atoms with van der Waals surface area (Å²) in [5.41, 5.74) is 5.65. The first-order valence-corrected chi connectivity index (χ1v) is 8.15. The SMILES string of the molecule is CC(C)CCNC(=O)C(C)OC1(CN)CCCCCC1. The number of ether oxygens (including phenoxy) is 1. The second-order valence-electron chi connectivity index (χ2n) is 6.53. The van der Waals surface area contributed by atoms with E-state index >= 15 is 0 Å². The molecule has 1 atom stereocenters. The van der Waals surface area contributed by atoms with E-state index in [0.29, 0.717) is 12.5 Å². The largest absolute Gasteiger partial charge is 0.361 e. The summed E-state index contributed by atoms with van der Waals surface area (Å²) in [5.74, 6) is 0.589. The van der Waals surface area contributed by atoms with Crippen molar-refractivity contribution in [3.05, 3.63) is 0 Å². The van der Waals surface area contributed by atoms with Crippen LogP contribution in [0.5, 0.6) is 0 Å². The van der Waals surface area contributed by atoms with E-state index in [1.54, 1.807) is 0 Å². The van der Waals surface area contributed by atoms with Gasteiger partial charge in [-0.3, -0.25) is 4.79 Å². The summed E-state index contributed by atoms with van der Waals surface area (Å²) in [6.07, 6.45) is 7.35. The molecule has 0 heterocycles. The fraction of sp³-hybridized carbons (Fsp3) is 0.938. The second kappa shape index (κ2) is 8.63. The van der Waals surface area contributed by atoms with Crippen LogP contribution in [-0.4, -0.2) is 30.7 Å². The molecule has 0 bridgehead atoms. The highest BCUT2D eigenvalue weighted by atomic mass is 16.5. The maximum Gasteiger partial charge on any atom is 0.248 e. The molecule has 3 N–H and O–H groups in total. The number of hydrogen-bond donors (Lipinski definition) is 2. The number of carbonyl (C=O) groups is 1. The lowest BCUT2D eigenvalue weighted by atomic mass is 9.94. The molecule has 1 amide bonds. The molecule has 0 aromatic rings. The van der Waals surface area contributed by atoms with Gasteiger partial charge in [0.15, 0.2) is 0 Å². The molecule has 1 unspecified atom stereocenters. The van der Waals surface area contributed by atoms with Crippen molar-refractivity contribution in [3.63, 3.8) is 0 Å². The van der Waals surface area contributed by atoms with E-state index in [-0.39, 0.29) is 11.5 Å². The van der Waals surface area contributed by atoms with E-state index in [9.17, 15) is 4.79 Å². The van der Waals surface area contributed by atoms with Gasteiger partial charge in [0.05, 0.1) is 5.60 Å². The monoisotopic (exact) mass is 284 g/mol. The van der Waals surface area contributed by atoms with E-state index in [2.05, 4.69) is 19.2 Å². The Hall–Kier alpha value is -0.610. The van der Waals surface area contributed by atoms with Gasteiger partial charge in [0.25, 0.3) is 0 Å². The quantitative estimate of drug-likeness (QED) is 0.706. The normalized spacial score (nSPS) is 20.4. The number of nitrogens with one attached hydrogen (secondary N) is 1. The lowest BCUT2D eigenvalue weighted by Gasteiger charge is -2.34. The molecule has 1 aliphatic rings. The van der Waals surface area contributed by atoms with Crippen LogP contribution in [0.25, 0.3) is 0 Å². The molecule has 0 aliphatic heterocycles. The first-order valence-electron chi connectivity index (χ1n) is 8.15. The zero-order chi connectivity index (χ0) is 15.0. The lowest BCUT2D eigenvalue weighted by Crippen LogP contribution is -2.47. The second-order valence-corrected chi connectivity index (χ2v) is 6.53. The molecule has 20 heavy (non-hydrogen) atoms. The molecule has 0 radical (unpaired) electrons. The smallest absolute Gasteiger partial charge is 0.248 e. The van der Waals surface area contributed by atoms with Gasteiger partial charge in [-0.1, -0.05) is 39.5 Å². The highest BCUT2D eigenvalue weighted by Gasteiger charge is 2.33. The summed E-state index contributed by atoms with van der Waals surface area (Å²) < 4.78 is 6.09. The standard InChI is InChI=1S/C16H32N2O2/c1-13(2)8-11-18-15(19)14(3)20-16(12-17)9-6-4-5-7-10-16/h13-14H,4-12,17H2,1-3H3,(H,18,19). The predicted molar refractivity (Wildman–Crippen MR) is 82.5 cm³/mol. The van der Waals surface area contributed by atoms with Crippen LogP contribution in [0.1, 0.15) is 65.7 Å². The maximum absolute atomic E-state index is 12.1. The van der Waals surface area contributed by atoms with Crippen molar-refractivity contribution >= 4 is 5.91 Å². The van der Waals surface area contributed by atoms with Crippen LogP contribution in [-0.2, 0) is 9.53 Å². The van der Waals surface area contributed by atoms with Crippen LogP contribution < -0.4 is 11.1 Å². The summed E-state index contributed by atoms with van der Waals surface area (Å²) in [5, 5.41) is 2.96. The Bertz CT molecular complexity index is 284. The molecular weight excluding hydrogens is 252 g/mol. The predicted octanol–water partition coefficient (Wildman–Crippen LogP) is 2.61. The molecule has 1 rings (SSSR count). The zero-order valence-electron chi connectivity index (χ0n) is 13.4. The molecule has 0 aromatic heterocycles. The molecule has 4 heteroatoms. The number of amides is 1. The van der Waals surface area contributed by atoms with Crippen LogP contribution in [0.2, 0.25) is 0 Å². The Labute approximate surface area is 123 Å². The Morgan fingerprint density at radius 2 is 1.80 bits per heavy atom. The summed E-state index contributed by atoms with van der Waals surface area (Å²) in [6, 6.07) is 0. The molecule has 0 aromatic carbocycles. The average Bonchev–Trinajstić information content (AvgIpc) is 2.64. The van der Waals surface area contributed by atoms with E-state index in [4.69, 9.17) is 10.5 Å². The number of hydrogen-bond acceptors (Lipinski definition) is 3. The van der Waals surface area contributed by atoms with Gasteiger partial charge in [0, 0.05) is 13.1 Å². The topological polar surface area (TPSA) is 64.3 Å². The zero-order valence-corrected chi connectivity index (χ0v) is 13.4. The molecule has 118 valence electrons. The van der Waals surface area contributed by atoms with Crippen molar-refractivity contribution in [2.75, 3.05) is 13.1 Å². The van der Waals surface area contributed by atoms with Crippen molar-refractivity contribution in [2.45, 2.75) is 77.4 Å². The molecule has 1 aliphatic carbocycles. The first-order chi connectivity index (χ1) is 9.49. The van der Waals surface area contributed by atoms with Crippen molar-refractivity contribution < 1.29 is 9.53 Å². The maximum atomic E-state index is 12.1. The third kappa shape index (κ3) is 5.80. The van der Waals surface area contributed by atoms with Gasteiger partial charge in [-0.15, -0.1) is 0 Å². The first kappa shape index (κ1) is 17.4. The minimum Gasteiger partial charge on any atom is -0.361 e. The third-order valence-electron chi connectivity index (χ3n) is 4.20. The molecule has 4 nitrogen and oxygen atoms in total. The number of carbonyl (C=O) groups excluding carboxylic acids is 1. The van der Waals surface area contributed by atoms with Crippen molar-refractivity contribution in [1.82, 2.24) is 5.32 Å². The van der Waals surface area contributed by atoms with E-state index in [1.165, 1.54) is 12.8 Å². The minimum absolute atomic E-state index is 0.0114. The van der Waals surface area contributed by atoms with Gasteiger partial charge in [-0.2, -0.15) is 0 Å². The van der Waals surface area contributed by atoms with Crippen LogP contribution >= 0.6 is 0 Å². The van der Waals surface area contributed by atoms with Crippen LogP contribution in [0, 0.1) is 5.92 Å². The summed E-state index contributed by atoms with van der Waals surface area (Å²) in [7, 11) is 0. The van der Waals surface area contributed by atoms with Gasteiger partial charge in [-0.25, -0.2) is 0 Å². The Morgan fingerprint density at radius 1 is 1.20 bits per heavy atom. The Balaban J connectivity index is 2.44. The third-order valence-corrected chi connectivity index (χ3v) is 4.20. The van der Waals surface area contributed by atoms with Crippen molar-refractivity contribution in [1.29, 1.82) is 0 Å². The number of nitrogens with two attached hydrogens (primary N) is 1. The highest BCUT2D eigenvalue weighted by Crippen LogP contribution is 2.30. The molecular formula is C16H32N2O2. The van der Waals surface area contributed by atoms with Gasteiger partial charge in [-0.05, 0) is 32.1 Å². The van der Waals surface area contributed by atoms with Crippen LogP contribution in [0.15, 0.2) is 0 Å². The van der Waals surface area contributed by atoms with Crippen LogP contribution in [0.4, 0.5) is 0 Å². The average molecular weight is 284 g/mol. The summed E-state index contributed by atoms with van der Waals surface area (Å²) in [6.45, 7) is 7.38. The fourth-order valence-corrected chi connectivity index (χ4v) is 2.80. The van der Waals surface area contributed by atoms with Gasteiger partial charge in [0.2, 0.25) is 5.91 Å². The van der Waals surface area contributed by atoms with E-state index < -0.39 is 6.10 Å². The molecule has 1 fully saturated rings. The van der Waals surface area contributed by atoms with E-state index in [0.717, 1.165) is 38.6 Å². The van der Waals surface area contributed by atoms with E-state index in [1.807, 2.05) is 6.92 Å². The van der Waals surface area contributed by atoms with Crippen LogP contribution in [0.3, 0.4) is 0 Å². The number of rotatable bonds is 7. The Morgan fingerprint density at radius 3 is 2.30 bits per heavy atom. The minimum atomic E-state index is -0.413. The van der Waals surface area contributed by atoms with Crippen molar-refractivity contribution in [2.24, 2.45) is 11.7 Å². The molecule has 0 spiro atoms. The lowest BCUT2D eigenvalue weighted by molar-refractivity contribution is -0.146. The van der Waals surface area contributed by atoms with Crippen molar-refractivity contribution in [3.8, 4) is 0 Å². The van der Waals surface area contributed by atoms with Gasteiger partial charge in [0.1, 0.15) is 6.10 Å². The summed E-state index contributed by atoms with van der Waals surface area (Å²) in [4.78, 5) is 12.1.